The van der Waals surface area contributed by atoms with Gasteiger partial charge in [0.15, 0.2) is 0 Å². The molecular formula is C12H17ClN4O. The summed E-state index contributed by atoms with van der Waals surface area (Å²) < 4.78 is 1.96. The molecular weight excluding hydrogens is 252 g/mol. The van der Waals surface area contributed by atoms with Gasteiger partial charge in [-0.15, -0.1) is 11.6 Å². The minimum absolute atomic E-state index is 0.113. The standard InChI is InChI=1S/C12H17ClN4O/c1-11(13)12(18)17(7-2-4-14)8-3-6-16-9-5-15-10-16/h5,9-11H,2-3,6-8H2,1H3. The zero-order valence-corrected chi connectivity index (χ0v) is 11.2. The lowest BCUT2D eigenvalue weighted by atomic mass is 10.3. The molecule has 1 rings (SSSR count). The summed E-state index contributed by atoms with van der Waals surface area (Å²) in [6, 6.07) is 2.04. The Balaban J connectivity index is 2.40. The van der Waals surface area contributed by atoms with E-state index in [1.807, 2.05) is 16.8 Å². The van der Waals surface area contributed by atoms with Crippen molar-refractivity contribution in [2.45, 2.75) is 31.7 Å². The van der Waals surface area contributed by atoms with Gasteiger partial charge < -0.3 is 9.47 Å². The Bertz CT molecular complexity index is 397. The van der Waals surface area contributed by atoms with E-state index in [0.717, 1.165) is 13.0 Å². The molecule has 0 aliphatic heterocycles. The number of nitrogens with zero attached hydrogens (tertiary/aromatic N) is 4. The van der Waals surface area contributed by atoms with Crippen LogP contribution in [0.5, 0.6) is 0 Å². The van der Waals surface area contributed by atoms with Crippen LogP contribution in [0.1, 0.15) is 19.8 Å². The minimum Gasteiger partial charge on any atom is -0.340 e. The number of carbonyl (C=O) groups is 1. The molecule has 0 fully saturated rings. The van der Waals surface area contributed by atoms with E-state index in [4.69, 9.17) is 16.9 Å². The van der Waals surface area contributed by atoms with Crippen molar-refractivity contribution in [1.29, 1.82) is 5.26 Å². The first-order valence-electron chi connectivity index (χ1n) is 5.90. The molecule has 5 nitrogen and oxygen atoms in total. The SMILES string of the molecule is CC(Cl)C(=O)N(CCC#N)CCCn1ccnc1. The van der Waals surface area contributed by atoms with Crippen LogP contribution >= 0.6 is 11.6 Å². The van der Waals surface area contributed by atoms with Crippen LogP contribution in [0.4, 0.5) is 0 Å². The second-order valence-electron chi connectivity index (χ2n) is 4.00. The Morgan fingerprint density at radius 1 is 1.61 bits per heavy atom. The molecule has 0 aliphatic carbocycles. The fraction of sp³-hybridized carbons (Fsp3) is 0.583. The van der Waals surface area contributed by atoms with Crippen LogP contribution in [0.15, 0.2) is 18.7 Å². The molecule has 98 valence electrons. The first-order chi connectivity index (χ1) is 8.65. The van der Waals surface area contributed by atoms with Gasteiger partial charge in [0.25, 0.3) is 0 Å². The molecule has 0 aromatic carbocycles. The zero-order valence-electron chi connectivity index (χ0n) is 10.4. The second-order valence-corrected chi connectivity index (χ2v) is 4.66. The minimum atomic E-state index is -0.545. The van der Waals surface area contributed by atoms with Crippen molar-refractivity contribution in [3.63, 3.8) is 0 Å². The number of carbonyl (C=O) groups excluding carboxylic acids is 1. The lowest BCUT2D eigenvalue weighted by Crippen LogP contribution is -2.37. The van der Waals surface area contributed by atoms with Crippen LogP contribution in [-0.2, 0) is 11.3 Å². The van der Waals surface area contributed by atoms with E-state index in [0.29, 0.717) is 19.5 Å². The first-order valence-corrected chi connectivity index (χ1v) is 6.34. The van der Waals surface area contributed by atoms with Crippen LogP contribution in [0.3, 0.4) is 0 Å². The molecule has 0 aliphatic rings. The summed E-state index contributed by atoms with van der Waals surface area (Å²) >= 11 is 5.79. The van der Waals surface area contributed by atoms with Crippen LogP contribution in [0.25, 0.3) is 0 Å². The van der Waals surface area contributed by atoms with Crippen LogP contribution in [0, 0.1) is 11.3 Å². The second kappa shape index (κ2) is 7.72. The molecule has 1 unspecified atom stereocenters. The van der Waals surface area contributed by atoms with Gasteiger partial charge in [-0.25, -0.2) is 4.98 Å². The molecule has 0 saturated carbocycles. The van der Waals surface area contributed by atoms with Crippen molar-refractivity contribution in [2.24, 2.45) is 0 Å². The zero-order chi connectivity index (χ0) is 13.4. The highest BCUT2D eigenvalue weighted by molar-refractivity contribution is 6.30. The largest absolute Gasteiger partial charge is 0.340 e. The van der Waals surface area contributed by atoms with Gasteiger partial charge in [0.2, 0.25) is 5.91 Å². The number of halogens is 1. The van der Waals surface area contributed by atoms with Crippen molar-refractivity contribution in [3.05, 3.63) is 18.7 Å². The van der Waals surface area contributed by atoms with Gasteiger partial charge in [0.1, 0.15) is 5.38 Å². The van der Waals surface area contributed by atoms with Crippen LogP contribution in [0.2, 0.25) is 0 Å². The number of rotatable bonds is 7. The average molecular weight is 269 g/mol. The predicted octanol–water partition coefficient (Wildman–Crippen LogP) is 1.64. The van der Waals surface area contributed by atoms with E-state index in [1.165, 1.54) is 0 Å². The number of hydrogen-bond acceptors (Lipinski definition) is 3. The Labute approximate surface area is 112 Å². The van der Waals surface area contributed by atoms with Gasteiger partial charge in [-0.1, -0.05) is 0 Å². The Hall–Kier alpha value is -1.54. The van der Waals surface area contributed by atoms with E-state index in [9.17, 15) is 4.79 Å². The van der Waals surface area contributed by atoms with E-state index in [-0.39, 0.29) is 5.91 Å². The summed E-state index contributed by atoms with van der Waals surface area (Å²) in [5, 5.41) is 8.03. The highest BCUT2D eigenvalue weighted by atomic mass is 35.5. The first kappa shape index (κ1) is 14.5. The number of aryl methyl sites for hydroxylation is 1. The number of nitriles is 1. The molecule has 6 heteroatoms. The van der Waals surface area contributed by atoms with Crippen molar-refractivity contribution in [1.82, 2.24) is 14.5 Å². The fourth-order valence-electron chi connectivity index (χ4n) is 1.63. The monoisotopic (exact) mass is 268 g/mol. The Morgan fingerprint density at radius 3 is 2.94 bits per heavy atom. The number of aromatic nitrogens is 2. The quantitative estimate of drug-likeness (QED) is 0.707. The van der Waals surface area contributed by atoms with Gasteiger partial charge in [0.05, 0.1) is 18.8 Å². The molecule has 0 N–H and O–H groups in total. The molecule has 1 heterocycles. The highest BCUT2D eigenvalue weighted by Crippen LogP contribution is 2.04. The molecule has 0 radical (unpaired) electrons. The molecule has 1 amide bonds. The smallest absolute Gasteiger partial charge is 0.240 e. The van der Waals surface area contributed by atoms with Gasteiger partial charge in [-0.3, -0.25) is 4.79 Å². The number of amides is 1. The average Bonchev–Trinajstić information content (AvgIpc) is 2.85. The lowest BCUT2D eigenvalue weighted by Gasteiger charge is -2.22. The van der Waals surface area contributed by atoms with Crippen molar-refractivity contribution in [2.75, 3.05) is 13.1 Å². The fourth-order valence-corrected chi connectivity index (χ4v) is 1.77. The molecule has 0 bridgehead atoms. The molecule has 1 aromatic rings. The summed E-state index contributed by atoms with van der Waals surface area (Å²) in [5.41, 5.74) is 0. The van der Waals surface area contributed by atoms with Gasteiger partial charge in [-0.05, 0) is 13.3 Å². The molecule has 1 aromatic heterocycles. The van der Waals surface area contributed by atoms with Gasteiger partial charge in [-0.2, -0.15) is 5.26 Å². The molecule has 0 saturated heterocycles. The summed E-state index contributed by atoms with van der Waals surface area (Å²) in [5.74, 6) is -0.113. The third-order valence-electron chi connectivity index (χ3n) is 2.55. The topological polar surface area (TPSA) is 61.9 Å². The van der Waals surface area contributed by atoms with E-state index < -0.39 is 5.38 Å². The summed E-state index contributed by atoms with van der Waals surface area (Å²) in [7, 11) is 0. The molecule has 1 atom stereocenters. The Morgan fingerprint density at radius 2 is 2.39 bits per heavy atom. The van der Waals surface area contributed by atoms with Crippen molar-refractivity contribution < 1.29 is 4.79 Å². The van der Waals surface area contributed by atoms with E-state index in [1.54, 1.807) is 24.3 Å². The van der Waals surface area contributed by atoms with Crippen molar-refractivity contribution >= 4 is 17.5 Å². The molecule has 0 spiro atoms. The number of imidazole rings is 1. The van der Waals surface area contributed by atoms with Crippen LogP contribution < -0.4 is 0 Å². The normalized spacial score (nSPS) is 11.8. The number of alkyl halides is 1. The maximum absolute atomic E-state index is 11.8. The number of hydrogen-bond donors (Lipinski definition) is 0. The maximum Gasteiger partial charge on any atom is 0.240 e. The third-order valence-corrected chi connectivity index (χ3v) is 2.74. The summed E-state index contributed by atoms with van der Waals surface area (Å²) in [6.45, 7) is 3.50. The van der Waals surface area contributed by atoms with Gasteiger partial charge in [0, 0.05) is 32.0 Å². The van der Waals surface area contributed by atoms with E-state index in [2.05, 4.69) is 4.98 Å². The summed E-state index contributed by atoms with van der Waals surface area (Å²) in [6.07, 6.45) is 6.49. The predicted molar refractivity (Wildman–Crippen MR) is 69.0 cm³/mol. The lowest BCUT2D eigenvalue weighted by molar-refractivity contribution is -0.130. The van der Waals surface area contributed by atoms with Gasteiger partial charge >= 0.3 is 0 Å². The third kappa shape index (κ3) is 4.76. The highest BCUT2D eigenvalue weighted by Gasteiger charge is 2.17. The molecule has 18 heavy (non-hydrogen) atoms. The maximum atomic E-state index is 11.8. The van der Waals surface area contributed by atoms with Crippen LogP contribution in [-0.4, -0.2) is 38.8 Å². The Kier molecular flexibility index (Phi) is 6.23. The summed E-state index contributed by atoms with van der Waals surface area (Å²) in [4.78, 5) is 17.4. The van der Waals surface area contributed by atoms with Crippen molar-refractivity contribution in [3.8, 4) is 6.07 Å². The van der Waals surface area contributed by atoms with E-state index >= 15 is 0 Å².